The summed E-state index contributed by atoms with van der Waals surface area (Å²) in [5.74, 6) is -2.48. The molecule has 3 unspecified atom stereocenters. The molecule has 0 aliphatic heterocycles. The smallest absolute Gasteiger partial charge is 0.327 e. The van der Waals surface area contributed by atoms with Crippen LogP contribution in [-0.4, -0.2) is 46.8 Å². The average Bonchev–Trinajstić information content (AvgIpc) is 2.39. The van der Waals surface area contributed by atoms with Gasteiger partial charge in [0.15, 0.2) is 0 Å². The molecule has 0 saturated carbocycles. The molecular weight excluding hydrogens is 294 g/mol. The van der Waals surface area contributed by atoms with E-state index in [0.29, 0.717) is 0 Å². The number of nitrogens with two attached hydrogens (primary N) is 1. The van der Waals surface area contributed by atoms with E-state index in [-0.39, 0.29) is 17.6 Å². The van der Waals surface area contributed by atoms with Gasteiger partial charge < -0.3 is 21.5 Å². The number of hydrogen-bond donors (Lipinski definition) is 5. The van der Waals surface area contributed by atoms with E-state index in [4.69, 9.17) is 10.8 Å². The normalized spacial score (nSPS) is 15.4. The summed E-state index contributed by atoms with van der Waals surface area (Å²) in [6.45, 7) is 7.11. The summed E-state index contributed by atoms with van der Waals surface area (Å²) >= 11 is 3.88. The van der Waals surface area contributed by atoms with E-state index in [2.05, 4.69) is 23.3 Å². The lowest BCUT2D eigenvalue weighted by Crippen LogP contribution is -2.57. The number of aliphatic carboxylic acids is 1. The second kappa shape index (κ2) is 8.89. The molecule has 0 fully saturated rings. The Bertz CT molecular complexity index is 388. The summed E-state index contributed by atoms with van der Waals surface area (Å²) in [7, 11) is 0. The molecule has 3 atom stereocenters. The van der Waals surface area contributed by atoms with Gasteiger partial charge in [-0.25, -0.2) is 4.79 Å². The number of carboxylic acid groups (broad SMARTS) is 1. The van der Waals surface area contributed by atoms with Crippen molar-refractivity contribution >= 4 is 30.4 Å². The highest BCUT2D eigenvalue weighted by Crippen LogP contribution is 2.05. The van der Waals surface area contributed by atoms with Crippen LogP contribution in [-0.2, 0) is 14.4 Å². The van der Waals surface area contributed by atoms with E-state index in [1.807, 2.05) is 0 Å². The molecule has 0 aliphatic carbocycles. The fraction of sp³-hybridized carbons (Fsp3) is 0.769. The Hall–Kier alpha value is -1.28. The summed E-state index contributed by atoms with van der Waals surface area (Å²) in [5.41, 5.74) is 5.73. The van der Waals surface area contributed by atoms with E-state index in [0.717, 1.165) is 0 Å². The summed E-state index contributed by atoms with van der Waals surface area (Å²) < 4.78 is 0. The molecule has 7 nitrogen and oxygen atoms in total. The van der Waals surface area contributed by atoms with Crippen LogP contribution in [0.15, 0.2) is 0 Å². The number of hydrogen-bond acceptors (Lipinski definition) is 5. The van der Waals surface area contributed by atoms with Gasteiger partial charge in [-0.2, -0.15) is 12.6 Å². The first-order valence-corrected chi connectivity index (χ1v) is 7.45. The van der Waals surface area contributed by atoms with Crippen molar-refractivity contribution in [3.05, 3.63) is 0 Å². The first-order valence-electron chi connectivity index (χ1n) is 6.81. The molecule has 0 rings (SSSR count). The molecule has 0 bridgehead atoms. The van der Waals surface area contributed by atoms with Crippen molar-refractivity contribution in [3.8, 4) is 0 Å². The minimum absolute atomic E-state index is 0.0364. The second-order valence-electron chi connectivity index (χ2n) is 5.58. The molecule has 0 spiro atoms. The second-order valence-corrected chi connectivity index (χ2v) is 5.95. The van der Waals surface area contributed by atoms with Gasteiger partial charge in [-0.3, -0.25) is 9.59 Å². The van der Waals surface area contributed by atoms with Crippen LogP contribution >= 0.6 is 12.6 Å². The fourth-order valence-electron chi connectivity index (χ4n) is 1.53. The maximum Gasteiger partial charge on any atom is 0.327 e. The summed E-state index contributed by atoms with van der Waals surface area (Å²) in [6, 6.07) is -2.67. The van der Waals surface area contributed by atoms with E-state index < -0.39 is 35.9 Å². The molecule has 0 aromatic carbocycles. The molecule has 0 saturated heterocycles. The molecule has 2 amide bonds. The Labute approximate surface area is 130 Å². The number of thiol groups is 1. The Morgan fingerprint density at radius 1 is 1.05 bits per heavy atom. The molecular formula is C13H25N3O4S. The van der Waals surface area contributed by atoms with Gasteiger partial charge in [0, 0.05) is 5.75 Å². The number of carbonyl (C=O) groups is 3. The molecule has 0 aliphatic rings. The van der Waals surface area contributed by atoms with Crippen molar-refractivity contribution < 1.29 is 19.5 Å². The van der Waals surface area contributed by atoms with Gasteiger partial charge in [-0.1, -0.05) is 27.7 Å². The molecule has 0 heterocycles. The first kappa shape index (κ1) is 19.7. The van der Waals surface area contributed by atoms with Crippen LogP contribution in [0.3, 0.4) is 0 Å². The first-order chi connectivity index (χ1) is 9.61. The maximum absolute atomic E-state index is 12.1. The standard InChI is InChI=1S/C13H25N3O4S/c1-6(2)9(14)11(17)16-10(7(3)4)12(18)15-8(5-21)13(19)20/h6-10,21H,5,14H2,1-4H3,(H,15,18)(H,16,17)(H,19,20). The minimum Gasteiger partial charge on any atom is -0.480 e. The summed E-state index contributed by atoms with van der Waals surface area (Å²) in [4.78, 5) is 35.0. The van der Waals surface area contributed by atoms with Gasteiger partial charge >= 0.3 is 5.97 Å². The third kappa shape index (κ3) is 6.34. The van der Waals surface area contributed by atoms with Crippen molar-refractivity contribution in [3.63, 3.8) is 0 Å². The number of rotatable bonds is 8. The zero-order chi connectivity index (χ0) is 16.7. The van der Waals surface area contributed by atoms with Gasteiger partial charge in [0.05, 0.1) is 6.04 Å². The number of carboxylic acids is 1. The molecule has 122 valence electrons. The van der Waals surface area contributed by atoms with Gasteiger partial charge in [-0.15, -0.1) is 0 Å². The van der Waals surface area contributed by atoms with Crippen LogP contribution in [0.25, 0.3) is 0 Å². The summed E-state index contributed by atoms with van der Waals surface area (Å²) in [5, 5.41) is 13.8. The lowest BCUT2D eigenvalue weighted by molar-refractivity contribution is -0.141. The maximum atomic E-state index is 12.1. The topological polar surface area (TPSA) is 122 Å². The van der Waals surface area contributed by atoms with Crippen molar-refractivity contribution in [1.82, 2.24) is 10.6 Å². The van der Waals surface area contributed by atoms with Crippen LogP contribution in [0.2, 0.25) is 0 Å². The van der Waals surface area contributed by atoms with Crippen molar-refractivity contribution in [2.45, 2.75) is 45.8 Å². The Morgan fingerprint density at radius 3 is 1.90 bits per heavy atom. The molecule has 0 radical (unpaired) electrons. The predicted octanol–water partition coefficient (Wildman–Crippen LogP) is -0.390. The Morgan fingerprint density at radius 2 is 1.57 bits per heavy atom. The lowest BCUT2D eigenvalue weighted by Gasteiger charge is -2.25. The third-order valence-corrected chi connectivity index (χ3v) is 3.43. The Balaban J connectivity index is 4.87. The Kier molecular flexibility index (Phi) is 8.34. The summed E-state index contributed by atoms with van der Waals surface area (Å²) in [6.07, 6.45) is 0. The number of amides is 2. The van der Waals surface area contributed by atoms with Crippen molar-refractivity contribution in [2.75, 3.05) is 5.75 Å². The average molecular weight is 319 g/mol. The lowest BCUT2D eigenvalue weighted by atomic mass is 10.00. The van der Waals surface area contributed by atoms with Crippen molar-refractivity contribution in [1.29, 1.82) is 0 Å². The third-order valence-electron chi connectivity index (χ3n) is 3.07. The number of nitrogens with one attached hydrogen (secondary N) is 2. The van der Waals surface area contributed by atoms with Crippen LogP contribution in [0.4, 0.5) is 0 Å². The molecule has 21 heavy (non-hydrogen) atoms. The monoisotopic (exact) mass is 319 g/mol. The number of carbonyl (C=O) groups excluding carboxylic acids is 2. The zero-order valence-electron chi connectivity index (χ0n) is 12.8. The SMILES string of the molecule is CC(C)C(N)C(=O)NC(C(=O)NC(CS)C(=O)O)C(C)C. The van der Waals surface area contributed by atoms with E-state index in [9.17, 15) is 14.4 Å². The fourth-order valence-corrected chi connectivity index (χ4v) is 1.78. The van der Waals surface area contributed by atoms with Gasteiger partial charge in [0.1, 0.15) is 12.1 Å². The minimum atomic E-state index is -1.17. The van der Waals surface area contributed by atoms with E-state index in [1.165, 1.54) is 0 Å². The van der Waals surface area contributed by atoms with E-state index >= 15 is 0 Å². The van der Waals surface area contributed by atoms with Crippen LogP contribution < -0.4 is 16.4 Å². The highest BCUT2D eigenvalue weighted by atomic mass is 32.1. The zero-order valence-corrected chi connectivity index (χ0v) is 13.7. The molecule has 0 aromatic heterocycles. The largest absolute Gasteiger partial charge is 0.480 e. The predicted molar refractivity (Wildman–Crippen MR) is 83.0 cm³/mol. The molecule has 8 heteroatoms. The van der Waals surface area contributed by atoms with E-state index in [1.54, 1.807) is 27.7 Å². The molecule has 0 aromatic rings. The quantitative estimate of drug-likeness (QED) is 0.390. The van der Waals surface area contributed by atoms with Gasteiger partial charge in [0.2, 0.25) is 11.8 Å². The van der Waals surface area contributed by atoms with Gasteiger partial charge in [0.25, 0.3) is 0 Å². The highest BCUT2D eigenvalue weighted by Gasteiger charge is 2.29. The van der Waals surface area contributed by atoms with Crippen LogP contribution in [0.5, 0.6) is 0 Å². The van der Waals surface area contributed by atoms with Crippen LogP contribution in [0.1, 0.15) is 27.7 Å². The molecule has 5 N–H and O–H groups in total. The van der Waals surface area contributed by atoms with Gasteiger partial charge in [-0.05, 0) is 11.8 Å². The highest BCUT2D eigenvalue weighted by molar-refractivity contribution is 7.80. The van der Waals surface area contributed by atoms with Crippen molar-refractivity contribution in [2.24, 2.45) is 17.6 Å². The van der Waals surface area contributed by atoms with Crippen LogP contribution in [0, 0.1) is 11.8 Å².